The molecule has 1 aliphatic heterocycles. The molecule has 4 rings (SSSR count). The number of aryl methyl sites for hydroxylation is 1. The highest BCUT2D eigenvalue weighted by Gasteiger charge is 2.19. The molecule has 0 saturated carbocycles. The summed E-state index contributed by atoms with van der Waals surface area (Å²) in [5.74, 6) is -0.0879. The van der Waals surface area contributed by atoms with Gasteiger partial charge in [-0.25, -0.2) is 4.98 Å². The number of amides is 1. The van der Waals surface area contributed by atoms with Crippen molar-refractivity contribution in [1.29, 1.82) is 0 Å². The summed E-state index contributed by atoms with van der Waals surface area (Å²) in [6.45, 7) is 3.84. The van der Waals surface area contributed by atoms with Gasteiger partial charge < -0.3 is 10.6 Å². The van der Waals surface area contributed by atoms with Gasteiger partial charge in [-0.3, -0.25) is 9.78 Å². The molecule has 26 heavy (non-hydrogen) atoms. The van der Waals surface area contributed by atoms with Crippen LogP contribution < -0.4 is 10.6 Å². The Hall–Kier alpha value is -2.31. The second-order valence-electron chi connectivity index (χ2n) is 6.80. The molecule has 1 fully saturated rings. The molecule has 1 saturated heterocycles. The summed E-state index contributed by atoms with van der Waals surface area (Å²) in [5.41, 5.74) is 4.66. The molecule has 4 heterocycles. The average molecular weight is 366 g/mol. The number of rotatable bonds is 4. The van der Waals surface area contributed by atoms with Crippen molar-refractivity contribution in [3.05, 3.63) is 58.4 Å². The summed E-state index contributed by atoms with van der Waals surface area (Å²) < 4.78 is 1.14. The van der Waals surface area contributed by atoms with Gasteiger partial charge in [0.1, 0.15) is 5.69 Å². The van der Waals surface area contributed by atoms with E-state index >= 15 is 0 Å². The minimum absolute atomic E-state index is 0.0879. The number of thiophene rings is 1. The van der Waals surface area contributed by atoms with Gasteiger partial charge in [0.2, 0.25) is 0 Å². The van der Waals surface area contributed by atoms with Crippen LogP contribution in [0.4, 0.5) is 0 Å². The molecule has 0 bridgehead atoms. The fourth-order valence-corrected chi connectivity index (χ4v) is 4.18. The van der Waals surface area contributed by atoms with Crippen molar-refractivity contribution in [1.82, 2.24) is 20.6 Å². The van der Waals surface area contributed by atoms with Crippen LogP contribution in [0.25, 0.3) is 10.2 Å². The largest absolute Gasteiger partial charge is 0.347 e. The van der Waals surface area contributed by atoms with Gasteiger partial charge in [0.05, 0.1) is 10.2 Å². The lowest BCUT2D eigenvalue weighted by Crippen LogP contribution is -2.45. The highest BCUT2D eigenvalue weighted by Crippen LogP contribution is 2.26. The third-order valence-corrected chi connectivity index (χ3v) is 5.70. The first-order chi connectivity index (χ1) is 12.7. The second-order valence-corrected chi connectivity index (χ2v) is 7.72. The molecular weight excluding hydrogens is 344 g/mol. The monoisotopic (exact) mass is 366 g/mol. The Kier molecular flexibility index (Phi) is 4.95. The Morgan fingerprint density at radius 3 is 3.08 bits per heavy atom. The Labute approximate surface area is 156 Å². The number of fused-ring (bicyclic) bond motifs is 1. The van der Waals surface area contributed by atoms with E-state index in [4.69, 9.17) is 0 Å². The molecule has 1 amide bonds. The average Bonchev–Trinajstić information content (AvgIpc) is 3.13. The third kappa shape index (κ3) is 3.76. The standard InChI is InChI=1S/C20H22N4OS/c1-13-4-5-14(11-22-13)9-15-10-18(24-17-6-8-26-19(15)17)20(25)23-16-3-2-7-21-12-16/h4-6,8,10-11,16,21H,2-3,7,9,12H2,1H3,(H,23,25)/t16-/m1/s1. The first kappa shape index (κ1) is 17.1. The molecule has 134 valence electrons. The zero-order valence-electron chi connectivity index (χ0n) is 14.8. The molecule has 0 spiro atoms. The third-order valence-electron chi connectivity index (χ3n) is 4.72. The Balaban J connectivity index is 1.61. The van der Waals surface area contributed by atoms with E-state index in [1.54, 1.807) is 11.3 Å². The fraction of sp³-hybridized carbons (Fsp3) is 0.350. The van der Waals surface area contributed by atoms with Crippen LogP contribution in [0, 0.1) is 6.92 Å². The van der Waals surface area contributed by atoms with Crippen LogP contribution in [0.3, 0.4) is 0 Å². The van der Waals surface area contributed by atoms with Gasteiger partial charge in [-0.2, -0.15) is 0 Å². The Morgan fingerprint density at radius 2 is 2.31 bits per heavy atom. The highest BCUT2D eigenvalue weighted by atomic mass is 32.1. The van der Waals surface area contributed by atoms with Crippen LogP contribution in [0.2, 0.25) is 0 Å². The van der Waals surface area contributed by atoms with Crippen molar-refractivity contribution in [3.63, 3.8) is 0 Å². The number of piperidine rings is 1. The van der Waals surface area contributed by atoms with Crippen molar-refractivity contribution in [3.8, 4) is 0 Å². The number of nitrogens with zero attached hydrogens (tertiary/aromatic N) is 2. The van der Waals surface area contributed by atoms with Crippen molar-refractivity contribution in [2.75, 3.05) is 13.1 Å². The van der Waals surface area contributed by atoms with Gasteiger partial charge in [-0.1, -0.05) is 6.07 Å². The molecule has 1 aliphatic rings. The van der Waals surface area contributed by atoms with Crippen LogP contribution in [0.5, 0.6) is 0 Å². The normalized spacial score (nSPS) is 17.3. The number of carbonyl (C=O) groups excluding carboxylic acids is 1. The molecule has 0 aliphatic carbocycles. The Bertz CT molecular complexity index is 913. The SMILES string of the molecule is Cc1ccc(Cc2cc(C(=O)N[C@@H]3CCCNC3)nc3ccsc23)cn1. The van der Waals surface area contributed by atoms with Gasteiger partial charge in [0.25, 0.3) is 5.91 Å². The van der Waals surface area contributed by atoms with E-state index in [1.165, 1.54) is 0 Å². The summed E-state index contributed by atoms with van der Waals surface area (Å²) in [5, 5.41) is 8.47. The van der Waals surface area contributed by atoms with Gasteiger partial charge in [-0.05, 0) is 61.0 Å². The van der Waals surface area contributed by atoms with Crippen molar-refractivity contribution in [2.24, 2.45) is 0 Å². The van der Waals surface area contributed by atoms with Crippen LogP contribution in [0.15, 0.2) is 35.8 Å². The number of pyridine rings is 2. The van der Waals surface area contributed by atoms with Crippen molar-refractivity contribution in [2.45, 2.75) is 32.2 Å². The zero-order chi connectivity index (χ0) is 17.9. The fourth-order valence-electron chi connectivity index (χ4n) is 3.33. The molecular formula is C20H22N4OS. The lowest BCUT2D eigenvalue weighted by molar-refractivity contribution is 0.0926. The van der Waals surface area contributed by atoms with Gasteiger partial charge in [0.15, 0.2) is 0 Å². The van der Waals surface area contributed by atoms with Crippen molar-refractivity contribution < 1.29 is 4.79 Å². The summed E-state index contributed by atoms with van der Waals surface area (Å²) >= 11 is 1.67. The van der Waals surface area contributed by atoms with E-state index in [1.807, 2.05) is 36.7 Å². The molecule has 0 aromatic carbocycles. The number of hydrogen-bond donors (Lipinski definition) is 2. The van der Waals surface area contributed by atoms with Gasteiger partial charge in [0, 0.05) is 30.9 Å². The number of carbonyl (C=O) groups is 1. The minimum Gasteiger partial charge on any atom is -0.347 e. The summed E-state index contributed by atoms with van der Waals surface area (Å²) in [6.07, 6.45) is 4.76. The lowest BCUT2D eigenvalue weighted by Gasteiger charge is -2.23. The number of nitrogens with one attached hydrogen (secondary N) is 2. The summed E-state index contributed by atoms with van der Waals surface area (Å²) in [6, 6.07) is 8.21. The van der Waals surface area contributed by atoms with E-state index in [0.29, 0.717) is 5.69 Å². The minimum atomic E-state index is -0.0879. The van der Waals surface area contributed by atoms with Gasteiger partial charge in [-0.15, -0.1) is 11.3 Å². The molecule has 1 atom stereocenters. The molecule has 3 aromatic rings. The first-order valence-electron chi connectivity index (χ1n) is 8.99. The number of aromatic nitrogens is 2. The van der Waals surface area contributed by atoms with Crippen LogP contribution >= 0.6 is 11.3 Å². The van der Waals surface area contributed by atoms with Gasteiger partial charge >= 0.3 is 0 Å². The van der Waals surface area contributed by atoms with Crippen LogP contribution in [-0.2, 0) is 6.42 Å². The maximum absolute atomic E-state index is 12.7. The summed E-state index contributed by atoms with van der Waals surface area (Å²) in [4.78, 5) is 21.7. The molecule has 5 nitrogen and oxygen atoms in total. The Morgan fingerprint density at radius 1 is 1.38 bits per heavy atom. The maximum atomic E-state index is 12.7. The zero-order valence-corrected chi connectivity index (χ0v) is 15.6. The molecule has 0 unspecified atom stereocenters. The van der Waals surface area contributed by atoms with E-state index < -0.39 is 0 Å². The highest BCUT2D eigenvalue weighted by molar-refractivity contribution is 7.17. The van der Waals surface area contributed by atoms with Crippen molar-refractivity contribution >= 4 is 27.5 Å². The molecule has 2 N–H and O–H groups in total. The second kappa shape index (κ2) is 7.51. The number of hydrogen-bond acceptors (Lipinski definition) is 5. The van der Waals surface area contributed by atoms with E-state index in [0.717, 1.165) is 59.4 Å². The topological polar surface area (TPSA) is 66.9 Å². The molecule has 3 aromatic heterocycles. The molecule has 0 radical (unpaired) electrons. The smallest absolute Gasteiger partial charge is 0.270 e. The van der Waals surface area contributed by atoms with E-state index in [2.05, 4.69) is 26.7 Å². The van der Waals surface area contributed by atoms with E-state index in [9.17, 15) is 4.79 Å². The van der Waals surface area contributed by atoms with Crippen LogP contribution in [0.1, 0.15) is 40.2 Å². The maximum Gasteiger partial charge on any atom is 0.270 e. The lowest BCUT2D eigenvalue weighted by atomic mass is 10.0. The first-order valence-corrected chi connectivity index (χ1v) is 9.87. The quantitative estimate of drug-likeness (QED) is 0.745. The summed E-state index contributed by atoms with van der Waals surface area (Å²) in [7, 11) is 0. The van der Waals surface area contributed by atoms with Crippen LogP contribution in [-0.4, -0.2) is 35.0 Å². The van der Waals surface area contributed by atoms with E-state index in [-0.39, 0.29) is 11.9 Å². The predicted octanol–water partition coefficient (Wildman–Crippen LogP) is 3.07. The molecule has 6 heteroatoms. The predicted molar refractivity (Wildman–Crippen MR) is 105 cm³/mol.